The summed E-state index contributed by atoms with van der Waals surface area (Å²) in [6, 6.07) is 0. The Bertz CT molecular complexity index is 896. The Hall–Kier alpha value is 0.395. The van der Waals surface area contributed by atoms with Crippen molar-refractivity contribution in [3.8, 4) is 0 Å². The first-order valence-electron chi connectivity index (χ1n) is 4.51. The standard InChI is InChI=1S/2CH4O9S3.Hg/c2*2-11(3,4)1(12(5,6)7)13(8,9)10;/h2*1H,(H,2,3,4)(H,5,6,7)(H,8,9,10);. The van der Waals surface area contributed by atoms with Crippen LogP contribution >= 0.6 is 0 Å². The molecule has 0 unspecified atom stereocenters. The molecular weight excluding hydrogens is 705 g/mol. The quantitative estimate of drug-likeness (QED) is 0.112. The zero-order valence-corrected chi connectivity index (χ0v) is 22.3. The van der Waals surface area contributed by atoms with Crippen molar-refractivity contribution in [3.63, 3.8) is 0 Å². The molecule has 0 heterocycles. The zero-order chi connectivity index (χ0) is 22.2. The molecule has 0 aromatic heterocycles. The first kappa shape index (κ1) is 32.1. The van der Waals surface area contributed by atoms with E-state index >= 15 is 0 Å². The fourth-order valence-corrected chi connectivity index (χ4v) is 8.30. The number of hydrogen-bond donors (Lipinski definition) is 6. The summed E-state index contributed by atoms with van der Waals surface area (Å²) in [6.45, 7) is 0. The predicted molar refractivity (Wildman–Crippen MR) is 76.9 cm³/mol. The molecule has 0 bridgehead atoms. The van der Waals surface area contributed by atoms with Gasteiger partial charge in [0, 0.05) is 27.7 Å². The molecule has 0 spiro atoms. The summed E-state index contributed by atoms with van der Waals surface area (Å²) in [6.07, 6.45) is 0. The molecule has 0 aromatic rings. The third-order valence-corrected chi connectivity index (χ3v) is 13.1. The van der Waals surface area contributed by atoms with Crippen molar-refractivity contribution < 1.29 is 105 Å². The Morgan fingerprint density at radius 1 is 0.333 bits per heavy atom. The fraction of sp³-hybridized carbons (Fsp3) is 1.00. The normalized spacial score (nSPS) is 14.2. The molecule has 25 heteroatoms. The first-order chi connectivity index (χ1) is 10.7. The van der Waals surface area contributed by atoms with Crippen LogP contribution in [0.3, 0.4) is 0 Å². The monoisotopic (exact) mass is 714 g/mol. The molecule has 0 atom stereocenters. The van der Waals surface area contributed by atoms with E-state index in [1.165, 1.54) is 0 Å². The van der Waals surface area contributed by atoms with E-state index in [0.717, 1.165) is 0 Å². The molecule has 0 saturated heterocycles. The molecule has 0 aromatic carbocycles. The molecule has 0 aliphatic carbocycles. The van der Waals surface area contributed by atoms with Crippen LogP contribution in [0.25, 0.3) is 0 Å². The molecule has 0 aliphatic rings. The summed E-state index contributed by atoms with van der Waals surface area (Å²) >= 11 is 0. The first-order valence-corrected chi connectivity index (χ1v) is 13.5. The van der Waals surface area contributed by atoms with Crippen molar-refractivity contribution in [1.82, 2.24) is 0 Å². The molecular formula is C2H8HgO18S6. The van der Waals surface area contributed by atoms with Crippen LogP contribution < -0.4 is 0 Å². The Morgan fingerprint density at radius 2 is 0.407 bits per heavy atom. The number of hydrogen-bond acceptors (Lipinski definition) is 12. The molecule has 0 radical (unpaired) electrons. The topological polar surface area (TPSA) is 326 Å². The van der Waals surface area contributed by atoms with Crippen LogP contribution in [-0.2, 0) is 88.4 Å². The van der Waals surface area contributed by atoms with Crippen molar-refractivity contribution in [2.24, 2.45) is 0 Å². The van der Waals surface area contributed by atoms with E-state index in [4.69, 9.17) is 27.3 Å². The second-order valence-electron chi connectivity index (χ2n) is 3.67. The molecule has 6 N–H and O–H groups in total. The van der Waals surface area contributed by atoms with E-state index in [2.05, 4.69) is 0 Å². The van der Waals surface area contributed by atoms with Crippen molar-refractivity contribution >= 4 is 60.7 Å². The van der Waals surface area contributed by atoms with Gasteiger partial charge in [0.1, 0.15) is 0 Å². The van der Waals surface area contributed by atoms with Crippen LogP contribution in [-0.4, -0.2) is 85.7 Å². The van der Waals surface area contributed by atoms with E-state index in [1.54, 1.807) is 0 Å². The molecule has 162 valence electrons. The van der Waals surface area contributed by atoms with Crippen molar-refractivity contribution in [3.05, 3.63) is 0 Å². The van der Waals surface area contributed by atoms with Gasteiger partial charge in [-0.15, -0.1) is 0 Å². The van der Waals surface area contributed by atoms with Gasteiger partial charge in [0.2, 0.25) is 0 Å². The van der Waals surface area contributed by atoms with Crippen LogP contribution in [0.15, 0.2) is 0 Å². The van der Waals surface area contributed by atoms with E-state index in [-0.39, 0.29) is 27.7 Å². The Kier molecular flexibility index (Phi) is 11.2. The van der Waals surface area contributed by atoms with Gasteiger partial charge in [0.25, 0.3) is 0 Å². The van der Waals surface area contributed by atoms with Crippen molar-refractivity contribution in [1.29, 1.82) is 0 Å². The van der Waals surface area contributed by atoms with Gasteiger partial charge in [-0.3, -0.25) is 27.3 Å². The largest absolute Gasteiger partial charge is 0.336 e. The van der Waals surface area contributed by atoms with Crippen LogP contribution in [0.1, 0.15) is 0 Å². The van der Waals surface area contributed by atoms with Crippen LogP contribution in [0, 0.1) is 0 Å². The van der Waals surface area contributed by atoms with Gasteiger partial charge in [0.05, 0.1) is 0 Å². The summed E-state index contributed by atoms with van der Waals surface area (Å²) in [5.74, 6) is 0. The smallest absolute Gasteiger partial charge is 0.284 e. The second-order valence-corrected chi connectivity index (χ2v) is 14.5. The molecule has 0 aliphatic heterocycles. The maximum Gasteiger partial charge on any atom is 0.336 e. The average Bonchev–Trinajstić information content (AvgIpc) is 1.97. The van der Waals surface area contributed by atoms with Gasteiger partial charge < -0.3 is 0 Å². The number of rotatable bonds is 6. The van der Waals surface area contributed by atoms with Gasteiger partial charge >= 0.3 is 68.5 Å². The third-order valence-electron chi connectivity index (χ3n) is 1.46. The summed E-state index contributed by atoms with van der Waals surface area (Å²) in [5.41, 5.74) is 0. The minimum atomic E-state index is -5.66. The predicted octanol–water partition coefficient (Wildman–Crippen LogP) is -4.14. The van der Waals surface area contributed by atoms with Gasteiger partial charge in [0.15, 0.2) is 0 Å². The van der Waals surface area contributed by atoms with Gasteiger partial charge in [-0.25, -0.2) is 0 Å². The zero-order valence-electron chi connectivity index (χ0n) is 11.9. The summed E-state index contributed by atoms with van der Waals surface area (Å²) < 4.78 is 162. The maximum absolute atomic E-state index is 10.1. The van der Waals surface area contributed by atoms with Gasteiger partial charge in [-0.1, -0.05) is 0 Å². The Morgan fingerprint density at radius 3 is 0.407 bits per heavy atom. The summed E-state index contributed by atoms with van der Waals surface area (Å²) in [5, 5.41) is 0. The molecule has 0 rings (SSSR count). The molecule has 0 amide bonds. The SMILES string of the molecule is O=S(=O)(O)C(S(=O)(=O)O)S(=O)(=O)O.O=S(=O)(O)C(S(=O)(=O)O)S(=O)(=O)O.[Hg]. The third kappa shape index (κ3) is 11.9. The second kappa shape index (κ2) is 9.47. The molecule has 18 nitrogen and oxygen atoms in total. The van der Waals surface area contributed by atoms with Crippen LogP contribution in [0.5, 0.6) is 0 Å². The fourth-order valence-electron chi connectivity index (χ4n) is 0.922. The Labute approximate surface area is 173 Å². The van der Waals surface area contributed by atoms with Crippen molar-refractivity contribution in [2.75, 3.05) is 0 Å². The van der Waals surface area contributed by atoms with Gasteiger partial charge in [-0.05, 0) is 0 Å². The Balaban J connectivity index is -0.000000411. The summed E-state index contributed by atoms with van der Waals surface area (Å²) in [4.78, 5) is 0. The molecule has 27 heavy (non-hydrogen) atoms. The van der Waals surface area contributed by atoms with E-state index in [0.29, 0.717) is 0 Å². The van der Waals surface area contributed by atoms with Crippen LogP contribution in [0.4, 0.5) is 0 Å². The minimum Gasteiger partial charge on any atom is -0.284 e. The van der Waals surface area contributed by atoms with Crippen molar-refractivity contribution in [2.45, 2.75) is 7.83 Å². The van der Waals surface area contributed by atoms with E-state index in [9.17, 15) is 50.5 Å². The summed E-state index contributed by atoms with van der Waals surface area (Å²) in [7, 11) is -33.9. The van der Waals surface area contributed by atoms with E-state index < -0.39 is 68.5 Å². The maximum atomic E-state index is 10.1. The minimum absolute atomic E-state index is 0. The van der Waals surface area contributed by atoms with E-state index in [1.807, 2.05) is 0 Å². The van der Waals surface area contributed by atoms with Crippen LogP contribution in [0.2, 0.25) is 0 Å². The average molecular weight is 713 g/mol. The molecule has 0 saturated carbocycles. The molecule has 0 fully saturated rings. The van der Waals surface area contributed by atoms with Gasteiger partial charge in [-0.2, -0.15) is 50.5 Å².